The van der Waals surface area contributed by atoms with Gasteiger partial charge in [0.25, 0.3) is 0 Å². The summed E-state index contributed by atoms with van der Waals surface area (Å²) < 4.78 is 26.5. The molecule has 0 aliphatic carbocycles. The quantitative estimate of drug-likeness (QED) is 0.904. The summed E-state index contributed by atoms with van der Waals surface area (Å²) in [6.45, 7) is 1.34. The van der Waals surface area contributed by atoms with Crippen LogP contribution >= 0.6 is 0 Å². The van der Waals surface area contributed by atoms with Gasteiger partial charge in [0.15, 0.2) is 11.6 Å². The number of benzene rings is 1. The Morgan fingerprint density at radius 3 is 2.95 bits per heavy atom. The van der Waals surface area contributed by atoms with Crippen LogP contribution in [0.1, 0.15) is 18.4 Å². The van der Waals surface area contributed by atoms with Crippen molar-refractivity contribution in [1.82, 2.24) is 4.90 Å². The number of carbonyl (C=O) groups excluding carboxylic acids is 1. The molecule has 1 heterocycles. The molecular formula is C14H17F2NO2. The monoisotopic (exact) mass is 269 g/mol. The standard InChI is InChI=1S/C14H17F2NO2/c15-12-3-1-2-11(14(12)16)8-13(19)17-6-4-10(9-17)5-7-18/h1-3,10,18H,4-9H2. The fourth-order valence-electron chi connectivity index (χ4n) is 2.44. The molecule has 1 N–H and O–H groups in total. The maximum Gasteiger partial charge on any atom is 0.227 e. The molecule has 1 aliphatic heterocycles. The molecule has 1 unspecified atom stereocenters. The predicted octanol–water partition coefficient (Wildman–Crippen LogP) is 1.74. The zero-order valence-corrected chi connectivity index (χ0v) is 10.6. The zero-order valence-electron chi connectivity index (χ0n) is 10.6. The van der Waals surface area contributed by atoms with Crippen molar-refractivity contribution >= 4 is 5.91 Å². The summed E-state index contributed by atoms with van der Waals surface area (Å²) in [5.41, 5.74) is 0.0932. The highest BCUT2D eigenvalue weighted by molar-refractivity contribution is 5.79. The van der Waals surface area contributed by atoms with E-state index in [0.29, 0.717) is 25.4 Å². The van der Waals surface area contributed by atoms with Crippen LogP contribution < -0.4 is 0 Å². The van der Waals surface area contributed by atoms with E-state index < -0.39 is 11.6 Å². The van der Waals surface area contributed by atoms with E-state index in [1.54, 1.807) is 4.90 Å². The summed E-state index contributed by atoms with van der Waals surface area (Å²) >= 11 is 0. The van der Waals surface area contributed by atoms with E-state index in [1.165, 1.54) is 12.1 Å². The number of amides is 1. The van der Waals surface area contributed by atoms with Crippen LogP contribution in [0.5, 0.6) is 0 Å². The predicted molar refractivity (Wildman–Crippen MR) is 66.5 cm³/mol. The van der Waals surface area contributed by atoms with Crippen LogP contribution in [0.25, 0.3) is 0 Å². The van der Waals surface area contributed by atoms with Gasteiger partial charge in [0.2, 0.25) is 5.91 Å². The highest BCUT2D eigenvalue weighted by Gasteiger charge is 2.26. The van der Waals surface area contributed by atoms with Gasteiger partial charge in [-0.1, -0.05) is 12.1 Å². The second-order valence-electron chi connectivity index (χ2n) is 4.90. The Morgan fingerprint density at radius 2 is 2.21 bits per heavy atom. The lowest BCUT2D eigenvalue weighted by Gasteiger charge is -2.16. The number of hydrogen-bond acceptors (Lipinski definition) is 2. The Morgan fingerprint density at radius 1 is 1.42 bits per heavy atom. The van der Waals surface area contributed by atoms with Crippen LogP contribution in [-0.2, 0) is 11.2 Å². The van der Waals surface area contributed by atoms with Crippen LogP contribution in [0.2, 0.25) is 0 Å². The number of nitrogens with zero attached hydrogens (tertiary/aromatic N) is 1. The number of aliphatic hydroxyl groups excluding tert-OH is 1. The molecule has 0 aromatic heterocycles. The third-order valence-corrected chi connectivity index (χ3v) is 3.55. The topological polar surface area (TPSA) is 40.5 Å². The Balaban J connectivity index is 1.96. The molecule has 1 saturated heterocycles. The minimum absolute atomic E-state index is 0.0932. The fourth-order valence-corrected chi connectivity index (χ4v) is 2.44. The molecule has 0 spiro atoms. The van der Waals surface area contributed by atoms with Gasteiger partial charge in [0, 0.05) is 25.3 Å². The summed E-state index contributed by atoms with van der Waals surface area (Å²) in [4.78, 5) is 13.7. The minimum Gasteiger partial charge on any atom is -0.396 e. The van der Waals surface area contributed by atoms with E-state index in [0.717, 1.165) is 12.5 Å². The van der Waals surface area contributed by atoms with Gasteiger partial charge in [0.1, 0.15) is 0 Å². The average molecular weight is 269 g/mol. The molecule has 0 saturated carbocycles. The van der Waals surface area contributed by atoms with Crippen molar-refractivity contribution in [2.45, 2.75) is 19.3 Å². The molecule has 1 aliphatic rings. The van der Waals surface area contributed by atoms with Gasteiger partial charge in [-0.3, -0.25) is 4.79 Å². The second kappa shape index (κ2) is 6.10. The molecule has 5 heteroatoms. The van der Waals surface area contributed by atoms with E-state index >= 15 is 0 Å². The molecule has 1 fully saturated rings. The first-order valence-corrected chi connectivity index (χ1v) is 6.43. The van der Waals surface area contributed by atoms with Crippen molar-refractivity contribution in [3.63, 3.8) is 0 Å². The van der Waals surface area contributed by atoms with E-state index in [1.807, 2.05) is 0 Å². The Hall–Kier alpha value is -1.49. The highest BCUT2D eigenvalue weighted by atomic mass is 19.2. The van der Waals surface area contributed by atoms with E-state index in [4.69, 9.17) is 5.11 Å². The van der Waals surface area contributed by atoms with Crippen molar-refractivity contribution < 1.29 is 18.7 Å². The molecule has 0 bridgehead atoms. The van der Waals surface area contributed by atoms with E-state index in [-0.39, 0.29) is 24.5 Å². The molecular weight excluding hydrogens is 252 g/mol. The van der Waals surface area contributed by atoms with Gasteiger partial charge in [-0.05, 0) is 24.8 Å². The number of hydrogen-bond donors (Lipinski definition) is 1. The second-order valence-corrected chi connectivity index (χ2v) is 4.90. The number of halogens is 2. The smallest absolute Gasteiger partial charge is 0.227 e. The maximum atomic E-state index is 13.5. The lowest BCUT2D eigenvalue weighted by molar-refractivity contribution is -0.129. The molecule has 1 amide bonds. The molecule has 0 radical (unpaired) electrons. The first-order chi connectivity index (χ1) is 9.11. The van der Waals surface area contributed by atoms with Gasteiger partial charge >= 0.3 is 0 Å². The number of rotatable bonds is 4. The third-order valence-electron chi connectivity index (χ3n) is 3.55. The summed E-state index contributed by atoms with van der Waals surface area (Å²) in [6, 6.07) is 3.87. The summed E-state index contributed by atoms with van der Waals surface area (Å²) in [6.07, 6.45) is 1.42. The molecule has 19 heavy (non-hydrogen) atoms. The number of aliphatic hydroxyl groups is 1. The molecule has 1 aromatic rings. The number of likely N-dealkylation sites (tertiary alicyclic amines) is 1. The van der Waals surface area contributed by atoms with Crippen LogP contribution in [0.3, 0.4) is 0 Å². The normalized spacial score (nSPS) is 18.9. The van der Waals surface area contributed by atoms with E-state index in [9.17, 15) is 13.6 Å². The molecule has 3 nitrogen and oxygen atoms in total. The number of carbonyl (C=O) groups is 1. The molecule has 2 rings (SSSR count). The Kier molecular flexibility index (Phi) is 4.47. The lowest BCUT2D eigenvalue weighted by Crippen LogP contribution is -2.30. The molecule has 1 aromatic carbocycles. The Labute approximate surface area is 110 Å². The molecule has 1 atom stereocenters. The fraction of sp³-hybridized carbons (Fsp3) is 0.500. The van der Waals surface area contributed by atoms with Crippen LogP contribution in [0, 0.1) is 17.6 Å². The van der Waals surface area contributed by atoms with Crippen molar-refractivity contribution in [2.75, 3.05) is 19.7 Å². The average Bonchev–Trinajstić information content (AvgIpc) is 2.84. The lowest BCUT2D eigenvalue weighted by atomic mass is 10.1. The summed E-state index contributed by atoms with van der Waals surface area (Å²) in [7, 11) is 0. The van der Waals surface area contributed by atoms with Crippen molar-refractivity contribution in [2.24, 2.45) is 5.92 Å². The largest absolute Gasteiger partial charge is 0.396 e. The van der Waals surface area contributed by atoms with Gasteiger partial charge in [-0.2, -0.15) is 0 Å². The molecule has 104 valence electrons. The van der Waals surface area contributed by atoms with Gasteiger partial charge in [-0.15, -0.1) is 0 Å². The van der Waals surface area contributed by atoms with Crippen LogP contribution in [-0.4, -0.2) is 35.6 Å². The summed E-state index contributed by atoms with van der Waals surface area (Å²) in [5.74, 6) is -1.75. The van der Waals surface area contributed by atoms with Gasteiger partial charge in [0.05, 0.1) is 6.42 Å². The maximum absolute atomic E-state index is 13.5. The highest BCUT2D eigenvalue weighted by Crippen LogP contribution is 2.21. The minimum atomic E-state index is -0.943. The van der Waals surface area contributed by atoms with Gasteiger partial charge < -0.3 is 10.0 Å². The van der Waals surface area contributed by atoms with Crippen molar-refractivity contribution in [3.8, 4) is 0 Å². The summed E-state index contributed by atoms with van der Waals surface area (Å²) in [5, 5.41) is 8.86. The van der Waals surface area contributed by atoms with Crippen LogP contribution in [0.15, 0.2) is 18.2 Å². The first-order valence-electron chi connectivity index (χ1n) is 6.43. The zero-order chi connectivity index (χ0) is 13.8. The SMILES string of the molecule is O=C(Cc1cccc(F)c1F)N1CCC(CCO)C1. The Bertz CT molecular complexity index is 465. The van der Waals surface area contributed by atoms with Crippen molar-refractivity contribution in [1.29, 1.82) is 0 Å². The third kappa shape index (κ3) is 3.29. The van der Waals surface area contributed by atoms with Crippen LogP contribution in [0.4, 0.5) is 8.78 Å². The van der Waals surface area contributed by atoms with Gasteiger partial charge in [-0.25, -0.2) is 8.78 Å². The van der Waals surface area contributed by atoms with E-state index in [2.05, 4.69) is 0 Å². The van der Waals surface area contributed by atoms with Crippen molar-refractivity contribution in [3.05, 3.63) is 35.4 Å². The first kappa shape index (κ1) is 13.9.